The van der Waals surface area contributed by atoms with Crippen molar-refractivity contribution >= 4 is 28.8 Å². The summed E-state index contributed by atoms with van der Waals surface area (Å²) in [6.45, 7) is 8.72. The van der Waals surface area contributed by atoms with Gasteiger partial charge in [0.2, 0.25) is 5.91 Å². The van der Waals surface area contributed by atoms with Gasteiger partial charge in [0.15, 0.2) is 11.7 Å². The fourth-order valence-corrected chi connectivity index (χ4v) is 2.38. The Labute approximate surface area is 135 Å². The van der Waals surface area contributed by atoms with Gasteiger partial charge in [-0.15, -0.1) is 6.58 Å². The molecule has 0 radical (unpaired) electrons. The van der Waals surface area contributed by atoms with Crippen molar-refractivity contribution in [1.82, 2.24) is 5.32 Å². The quantitative estimate of drug-likeness (QED) is 0.541. The molecule has 0 aromatic heterocycles. The molecule has 7 heteroatoms. The summed E-state index contributed by atoms with van der Waals surface area (Å²) in [5.41, 5.74) is 0. The average Bonchev–Trinajstić information content (AvgIpc) is 2.39. The van der Waals surface area contributed by atoms with Crippen LogP contribution in [0.25, 0.3) is 0 Å². The number of ether oxygens (including phenoxy) is 1. The van der Waals surface area contributed by atoms with E-state index in [0.29, 0.717) is 6.42 Å². The Morgan fingerprint density at radius 1 is 1.41 bits per heavy atom. The van der Waals surface area contributed by atoms with Gasteiger partial charge in [-0.3, -0.25) is 9.59 Å². The molecule has 1 atom stereocenters. The Balaban J connectivity index is 4.74. The number of carbonyl (C=O) groups is 3. The fourth-order valence-electron chi connectivity index (χ4n) is 1.45. The molecule has 1 amide bonds. The summed E-state index contributed by atoms with van der Waals surface area (Å²) >= 11 is 1.09. The van der Waals surface area contributed by atoms with E-state index < -0.39 is 18.6 Å². The lowest BCUT2D eigenvalue weighted by atomic mass is 10.2. The lowest BCUT2D eigenvalue weighted by Gasteiger charge is -2.19. The van der Waals surface area contributed by atoms with Crippen molar-refractivity contribution in [3.63, 3.8) is 0 Å². The predicted molar refractivity (Wildman–Crippen MR) is 84.9 cm³/mol. The summed E-state index contributed by atoms with van der Waals surface area (Å²) < 4.78 is 4.41. The number of nitrogens with one attached hydrogen (secondary N) is 1. The van der Waals surface area contributed by atoms with Gasteiger partial charge in [-0.1, -0.05) is 38.6 Å². The number of nitriles is 1. The van der Waals surface area contributed by atoms with E-state index in [2.05, 4.69) is 11.9 Å². The van der Waals surface area contributed by atoms with Gasteiger partial charge in [0, 0.05) is 17.6 Å². The van der Waals surface area contributed by atoms with Crippen LogP contribution in [-0.2, 0) is 19.1 Å². The van der Waals surface area contributed by atoms with Crippen LogP contribution in [0.4, 0.5) is 0 Å². The number of allylic oxidation sites excluding steroid dienone is 1. The molecule has 1 unspecified atom stereocenters. The third-order valence-corrected chi connectivity index (χ3v) is 3.27. The smallest absolute Gasteiger partial charge is 0.330 e. The number of carbonyl (C=O) groups excluding carboxylic acids is 3. The van der Waals surface area contributed by atoms with Crippen molar-refractivity contribution in [2.45, 2.75) is 50.8 Å². The van der Waals surface area contributed by atoms with Gasteiger partial charge in [0.1, 0.15) is 12.1 Å². The Morgan fingerprint density at radius 3 is 2.55 bits per heavy atom. The van der Waals surface area contributed by atoms with Crippen LogP contribution in [0.2, 0.25) is 0 Å². The van der Waals surface area contributed by atoms with Crippen molar-refractivity contribution in [2.75, 3.05) is 6.61 Å². The number of amides is 1. The Kier molecular flexibility index (Phi) is 9.18. The second kappa shape index (κ2) is 10.0. The van der Waals surface area contributed by atoms with E-state index in [-0.39, 0.29) is 28.6 Å². The molecule has 0 aliphatic rings. The Morgan fingerprint density at radius 2 is 2.05 bits per heavy atom. The second-order valence-corrected chi connectivity index (χ2v) is 7.39. The van der Waals surface area contributed by atoms with Crippen LogP contribution >= 0.6 is 11.8 Å². The number of rotatable bonds is 8. The molecule has 0 aromatic carbocycles. The minimum Gasteiger partial charge on any atom is -0.449 e. The molecule has 0 bridgehead atoms. The SMILES string of the molecule is C=CCCC(=O)NC(CC(=O)SC(C)(C)C)C(=O)OCC#N. The number of hydrogen-bond acceptors (Lipinski definition) is 6. The van der Waals surface area contributed by atoms with E-state index in [4.69, 9.17) is 10.00 Å². The van der Waals surface area contributed by atoms with Gasteiger partial charge < -0.3 is 10.1 Å². The van der Waals surface area contributed by atoms with Crippen LogP contribution in [-0.4, -0.2) is 34.4 Å². The molecule has 122 valence electrons. The summed E-state index contributed by atoms with van der Waals surface area (Å²) in [6.07, 6.45) is 2.05. The topological polar surface area (TPSA) is 96.3 Å². The van der Waals surface area contributed by atoms with Crippen molar-refractivity contribution < 1.29 is 19.1 Å². The third-order valence-electron chi connectivity index (χ3n) is 2.27. The third kappa shape index (κ3) is 10.00. The molecule has 6 nitrogen and oxygen atoms in total. The first-order valence-electron chi connectivity index (χ1n) is 6.85. The minimum atomic E-state index is -1.08. The van der Waals surface area contributed by atoms with Crippen LogP contribution in [0.5, 0.6) is 0 Å². The maximum Gasteiger partial charge on any atom is 0.330 e. The lowest BCUT2D eigenvalue weighted by molar-refractivity contribution is -0.147. The molecule has 0 rings (SSSR count). The first kappa shape index (κ1) is 20.2. The summed E-state index contributed by atoms with van der Waals surface area (Å²) in [5.74, 6) is -1.15. The highest BCUT2D eigenvalue weighted by Crippen LogP contribution is 2.25. The lowest BCUT2D eigenvalue weighted by Crippen LogP contribution is -2.43. The second-order valence-electron chi connectivity index (χ2n) is 5.50. The van der Waals surface area contributed by atoms with Crippen LogP contribution in [0, 0.1) is 11.3 Å². The molecule has 0 saturated carbocycles. The number of hydrogen-bond donors (Lipinski definition) is 1. The Bertz CT molecular complexity index is 463. The average molecular weight is 326 g/mol. The normalized spacial score (nSPS) is 11.9. The largest absolute Gasteiger partial charge is 0.449 e. The maximum atomic E-state index is 12.0. The molecule has 0 aliphatic carbocycles. The van der Waals surface area contributed by atoms with E-state index in [9.17, 15) is 14.4 Å². The number of esters is 1. The maximum absolute atomic E-state index is 12.0. The van der Waals surface area contributed by atoms with Crippen molar-refractivity contribution in [1.29, 1.82) is 5.26 Å². The van der Waals surface area contributed by atoms with Gasteiger partial charge >= 0.3 is 5.97 Å². The molecule has 22 heavy (non-hydrogen) atoms. The van der Waals surface area contributed by atoms with Crippen LogP contribution in [0.3, 0.4) is 0 Å². The van der Waals surface area contributed by atoms with E-state index in [1.807, 2.05) is 20.8 Å². The Hall–Kier alpha value is -1.81. The molecule has 0 aliphatic heterocycles. The van der Waals surface area contributed by atoms with Crippen LogP contribution < -0.4 is 5.32 Å². The zero-order valence-electron chi connectivity index (χ0n) is 13.2. The van der Waals surface area contributed by atoms with Gasteiger partial charge in [-0.05, 0) is 6.42 Å². The van der Waals surface area contributed by atoms with E-state index >= 15 is 0 Å². The van der Waals surface area contributed by atoms with E-state index in [1.165, 1.54) is 0 Å². The number of thioether (sulfide) groups is 1. The van der Waals surface area contributed by atoms with Crippen molar-refractivity contribution in [3.05, 3.63) is 12.7 Å². The standard InChI is InChI=1S/C15H22N2O4S/c1-5-6-7-12(18)17-11(14(20)21-9-8-16)10-13(19)22-15(2,3)4/h5,11H,1,6-7,9-10H2,2-4H3,(H,17,18). The fraction of sp³-hybridized carbons (Fsp3) is 0.600. The molecule has 0 heterocycles. The van der Waals surface area contributed by atoms with Gasteiger partial charge in [0.25, 0.3) is 0 Å². The zero-order chi connectivity index (χ0) is 17.2. The first-order valence-corrected chi connectivity index (χ1v) is 7.67. The monoisotopic (exact) mass is 326 g/mol. The number of nitrogens with zero attached hydrogens (tertiary/aromatic N) is 1. The highest BCUT2D eigenvalue weighted by atomic mass is 32.2. The summed E-state index contributed by atoms with van der Waals surface area (Å²) in [7, 11) is 0. The van der Waals surface area contributed by atoms with E-state index in [1.54, 1.807) is 12.1 Å². The first-order chi connectivity index (χ1) is 10.2. The molecule has 0 aromatic rings. The highest BCUT2D eigenvalue weighted by Gasteiger charge is 2.27. The molecule has 1 N–H and O–H groups in total. The van der Waals surface area contributed by atoms with E-state index in [0.717, 1.165) is 11.8 Å². The summed E-state index contributed by atoms with van der Waals surface area (Å²) in [6, 6.07) is 0.598. The van der Waals surface area contributed by atoms with Crippen molar-refractivity contribution in [2.24, 2.45) is 0 Å². The van der Waals surface area contributed by atoms with Crippen LogP contribution in [0.1, 0.15) is 40.0 Å². The minimum absolute atomic E-state index is 0.173. The predicted octanol–water partition coefficient (Wildman–Crippen LogP) is 1.95. The molecule has 0 fully saturated rings. The molecule has 0 saturated heterocycles. The molecule has 0 spiro atoms. The highest BCUT2D eigenvalue weighted by molar-refractivity contribution is 8.14. The van der Waals surface area contributed by atoms with Gasteiger partial charge in [-0.2, -0.15) is 5.26 Å². The summed E-state index contributed by atoms with van der Waals surface area (Å²) in [4.78, 5) is 35.5. The van der Waals surface area contributed by atoms with Gasteiger partial charge in [0.05, 0.1) is 0 Å². The van der Waals surface area contributed by atoms with Gasteiger partial charge in [-0.25, -0.2) is 4.79 Å². The zero-order valence-corrected chi connectivity index (χ0v) is 14.0. The molecular weight excluding hydrogens is 304 g/mol. The molecular formula is C15H22N2O4S. The summed E-state index contributed by atoms with van der Waals surface area (Å²) in [5, 5.41) is 10.7. The van der Waals surface area contributed by atoms with Crippen LogP contribution in [0.15, 0.2) is 12.7 Å². The van der Waals surface area contributed by atoms with Crippen molar-refractivity contribution in [3.8, 4) is 6.07 Å².